The molecule has 0 radical (unpaired) electrons. The minimum absolute atomic E-state index is 0.149. The zero-order chi connectivity index (χ0) is 14.0. The fraction of sp³-hybridized carbons (Fsp3) is 0.643. The molecule has 5 heteroatoms. The van der Waals surface area contributed by atoms with Gasteiger partial charge in [-0.2, -0.15) is 0 Å². The topological polar surface area (TPSA) is 65.0 Å². The van der Waals surface area contributed by atoms with Gasteiger partial charge < -0.3 is 9.47 Å². The molecule has 1 fully saturated rings. The summed E-state index contributed by atoms with van der Waals surface area (Å²) in [5.41, 5.74) is 1.18. The van der Waals surface area contributed by atoms with Crippen LogP contribution in [0.15, 0.2) is 16.3 Å². The van der Waals surface area contributed by atoms with Gasteiger partial charge in [0.2, 0.25) is 0 Å². The predicted octanol–water partition coefficient (Wildman–Crippen LogP) is 1.72. The number of carbonyl (C=O) groups is 2. The number of esters is 2. The third-order valence-electron chi connectivity index (χ3n) is 3.63. The van der Waals surface area contributed by atoms with E-state index in [9.17, 15) is 9.59 Å². The van der Waals surface area contributed by atoms with Crippen LogP contribution in [0.3, 0.4) is 0 Å². The number of ether oxygens (including phenoxy) is 2. The van der Waals surface area contributed by atoms with Gasteiger partial charge in [-0.15, -0.1) is 0 Å². The van der Waals surface area contributed by atoms with Crippen molar-refractivity contribution >= 4 is 18.2 Å². The molecular weight excluding hydrogens is 246 g/mol. The Morgan fingerprint density at radius 1 is 1.42 bits per heavy atom. The van der Waals surface area contributed by atoms with Gasteiger partial charge in [0.05, 0.1) is 25.2 Å². The van der Waals surface area contributed by atoms with Gasteiger partial charge in [0.1, 0.15) is 0 Å². The van der Waals surface area contributed by atoms with Crippen LogP contribution in [0, 0.1) is 17.8 Å². The summed E-state index contributed by atoms with van der Waals surface area (Å²) in [6, 6.07) is 0. The first kappa shape index (κ1) is 13.8. The van der Waals surface area contributed by atoms with E-state index in [4.69, 9.17) is 9.47 Å². The van der Waals surface area contributed by atoms with E-state index in [-0.39, 0.29) is 17.9 Å². The molecule has 0 amide bonds. The first-order chi connectivity index (χ1) is 9.10. The van der Waals surface area contributed by atoms with E-state index in [1.807, 2.05) is 0 Å². The molecule has 2 atom stereocenters. The average Bonchev–Trinajstić information content (AvgIpc) is 3.21. The van der Waals surface area contributed by atoms with Gasteiger partial charge in [-0.05, 0) is 32.6 Å². The summed E-state index contributed by atoms with van der Waals surface area (Å²) in [5, 5.41) is 0. The third-order valence-corrected chi connectivity index (χ3v) is 3.63. The number of nitrogens with zero attached hydrogens (tertiary/aromatic N) is 1. The summed E-state index contributed by atoms with van der Waals surface area (Å²) in [4.78, 5) is 28.1. The lowest BCUT2D eigenvalue weighted by atomic mass is 9.80. The van der Waals surface area contributed by atoms with Crippen LogP contribution in [-0.2, 0) is 19.1 Å². The highest BCUT2D eigenvalue weighted by atomic mass is 16.5. The molecule has 0 bridgehead atoms. The molecule has 2 rings (SSSR count). The summed E-state index contributed by atoms with van der Waals surface area (Å²) in [6.07, 6.45) is 3.67. The second kappa shape index (κ2) is 5.55. The molecule has 0 saturated heterocycles. The number of allylic oxidation sites excluding steroid dienone is 1. The van der Waals surface area contributed by atoms with Gasteiger partial charge in [0.25, 0.3) is 0 Å². The number of aliphatic imine (C=N–C) groups is 1. The quantitative estimate of drug-likeness (QED) is 0.726. The maximum absolute atomic E-state index is 12.0. The number of methoxy groups -OCH3 is 1. The van der Waals surface area contributed by atoms with Gasteiger partial charge in [0.15, 0.2) is 0 Å². The zero-order valence-corrected chi connectivity index (χ0v) is 11.5. The van der Waals surface area contributed by atoms with E-state index in [0.717, 1.165) is 12.8 Å². The summed E-state index contributed by atoms with van der Waals surface area (Å²) in [5.74, 6) is -0.961. The van der Waals surface area contributed by atoms with E-state index in [1.54, 1.807) is 20.1 Å². The number of hydrogen-bond acceptors (Lipinski definition) is 5. The van der Waals surface area contributed by atoms with Crippen molar-refractivity contribution in [1.82, 2.24) is 0 Å². The van der Waals surface area contributed by atoms with Crippen molar-refractivity contribution in [3.63, 3.8) is 0 Å². The molecule has 1 heterocycles. The van der Waals surface area contributed by atoms with E-state index in [2.05, 4.69) is 4.99 Å². The highest BCUT2D eigenvalue weighted by Gasteiger charge is 2.46. The van der Waals surface area contributed by atoms with Crippen LogP contribution in [0.1, 0.15) is 26.7 Å². The summed E-state index contributed by atoms with van der Waals surface area (Å²) >= 11 is 0. The number of hydrogen-bond donors (Lipinski definition) is 0. The molecule has 1 saturated carbocycles. The van der Waals surface area contributed by atoms with E-state index in [1.165, 1.54) is 7.11 Å². The van der Waals surface area contributed by atoms with E-state index >= 15 is 0 Å². The van der Waals surface area contributed by atoms with Crippen LogP contribution in [-0.4, -0.2) is 31.9 Å². The van der Waals surface area contributed by atoms with Gasteiger partial charge in [-0.3, -0.25) is 9.79 Å². The second-order valence-corrected chi connectivity index (χ2v) is 4.91. The van der Waals surface area contributed by atoms with E-state index < -0.39 is 5.92 Å². The highest BCUT2D eigenvalue weighted by molar-refractivity contribution is 5.98. The SMILES string of the molecule is CCOC(=O)C1C=NC(C)=C(C(=O)OC)[C@@H]1C1CC1. The molecule has 19 heavy (non-hydrogen) atoms. The minimum Gasteiger partial charge on any atom is -0.466 e. The molecule has 0 aromatic rings. The van der Waals surface area contributed by atoms with E-state index in [0.29, 0.717) is 23.8 Å². The maximum atomic E-state index is 12.0. The molecule has 2 aliphatic rings. The Balaban J connectivity index is 2.31. The Bertz CT molecular complexity index is 448. The maximum Gasteiger partial charge on any atom is 0.335 e. The van der Waals surface area contributed by atoms with Gasteiger partial charge in [0, 0.05) is 17.8 Å². The van der Waals surface area contributed by atoms with Crippen LogP contribution < -0.4 is 0 Å². The molecule has 104 valence electrons. The monoisotopic (exact) mass is 265 g/mol. The minimum atomic E-state index is -0.467. The molecule has 0 aromatic heterocycles. The molecule has 0 N–H and O–H groups in total. The van der Waals surface area contributed by atoms with Crippen LogP contribution in [0.25, 0.3) is 0 Å². The molecule has 0 spiro atoms. The highest BCUT2D eigenvalue weighted by Crippen LogP contribution is 2.46. The van der Waals surface area contributed by atoms with Crippen LogP contribution >= 0.6 is 0 Å². The van der Waals surface area contributed by atoms with Crippen molar-refractivity contribution < 1.29 is 19.1 Å². The van der Waals surface area contributed by atoms with Crippen LogP contribution in [0.2, 0.25) is 0 Å². The molecule has 1 aliphatic heterocycles. The fourth-order valence-corrected chi connectivity index (χ4v) is 2.60. The lowest BCUT2D eigenvalue weighted by Gasteiger charge is -2.27. The summed E-state index contributed by atoms with van der Waals surface area (Å²) in [6.45, 7) is 3.88. The Morgan fingerprint density at radius 3 is 2.63 bits per heavy atom. The van der Waals surface area contributed by atoms with Gasteiger partial charge >= 0.3 is 11.9 Å². The molecule has 0 aromatic carbocycles. The van der Waals surface area contributed by atoms with Crippen molar-refractivity contribution in [2.45, 2.75) is 26.7 Å². The van der Waals surface area contributed by atoms with Gasteiger partial charge in [-0.25, -0.2) is 4.79 Å². The summed E-state index contributed by atoms with van der Waals surface area (Å²) in [7, 11) is 1.35. The lowest BCUT2D eigenvalue weighted by molar-refractivity contribution is -0.147. The third kappa shape index (κ3) is 2.69. The van der Waals surface area contributed by atoms with Crippen molar-refractivity contribution in [1.29, 1.82) is 0 Å². The smallest absolute Gasteiger partial charge is 0.335 e. The molecule has 1 aliphatic carbocycles. The Kier molecular flexibility index (Phi) is 4.02. The van der Waals surface area contributed by atoms with Crippen LogP contribution in [0.4, 0.5) is 0 Å². The number of carbonyl (C=O) groups excluding carboxylic acids is 2. The second-order valence-electron chi connectivity index (χ2n) is 4.91. The average molecular weight is 265 g/mol. The van der Waals surface area contributed by atoms with Crippen molar-refractivity contribution in [2.75, 3.05) is 13.7 Å². The Labute approximate surface area is 112 Å². The molecule has 1 unspecified atom stereocenters. The Hall–Kier alpha value is -1.65. The van der Waals surface area contributed by atoms with Gasteiger partial charge in [-0.1, -0.05) is 0 Å². The largest absolute Gasteiger partial charge is 0.466 e. The molecule has 5 nitrogen and oxygen atoms in total. The Morgan fingerprint density at radius 2 is 2.11 bits per heavy atom. The predicted molar refractivity (Wildman–Crippen MR) is 69.5 cm³/mol. The lowest BCUT2D eigenvalue weighted by Crippen LogP contribution is -2.35. The number of rotatable bonds is 4. The normalized spacial score (nSPS) is 26.3. The first-order valence-corrected chi connectivity index (χ1v) is 6.60. The summed E-state index contributed by atoms with van der Waals surface area (Å²) < 4.78 is 9.92. The standard InChI is InChI=1S/C14H19NO4/c1-4-19-13(16)10-7-15-8(2)11(14(17)18-3)12(10)9-5-6-9/h7,9-10,12H,4-6H2,1-3H3/t10?,12-/m1/s1. The first-order valence-electron chi connectivity index (χ1n) is 6.60. The fourth-order valence-electron chi connectivity index (χ4n) is 2.60. The zero-order valence-electron chi connectivity index (χ0n) is 11.5. The molecular formula is C14H19NO4. The van der Waals surface area contributed by atoms with Crippen molar-refractivity contribution in [2.24, 2.45) is 22.7 Å². The van der Waals surface area contributed by atoms with Crippen LogP contribution in [0.5, 0.6) is 0 Å². The van der Waals surface area contributed by atoms with Crippen molar-refractivity contribution in [3.05, 3.63) is 11.3 Å². The van der Waals surface area contributed by atoms with Crippen molar-refractivity contribution in [3.8, 4) is 0 Å².